The van der Waals surface area contributed by atoms with Gasteiger partial charge in [-0.1, -0.05) is 18.2 Å². The van der Waals surface area contributed by atoms with Crippen LogP contribution in [-0.2, 0) is 6.54 Å². The number of carbonyl (C=O) groups is 2. The van der Waals surface area contributed by atoms with Crippen LogP contribution in [0.2, 0.25) is 0 Å². The molecule has 138 valence electrons. The predicted molar refractivity (Wildman–Crippen MR) is 103 cm³/mol. The van der Waals surface area contributed by atoms with Crippen LogP contribution in [0.5, 0.6) is 5.75 Å². The van der Waals surface area contributed by atoms with Gasteiger partial charge in [0.2, 0.25) is 0 Å². The molecule has 0 saturated heterocycles. The van der Waals surface area contributed by atoms with E-state index in [-0.39, 0.29) is 18.0 Å². The SMILES string of the molecule is CCOc1cccc(C(=O)NCc2ccc(NC(=O)NC(C)C)cc2)c1. The minimum atomic E-state index is -0.241. The number of carbonyl (C=O) groups excluding carboxylic acids is 2. The second-order valence-corrected chi connectivity index (χ2v) is 6.09. The molecule has 0 fully saturated rings. The van der Waals surface area contributed by atoms with Gasteiger partial charge in [0.25, 0.3) is 5.91 Å². The molecule has 0 aliphatic heterocycles. The second-order valence-electron chi connectivity index (χ2n) is 6.09. The largest absolute Gasteiger partial charge is 0.494 e. The van der Waals surface area contributed by atoms with E-state index in [0.717, 1.165) is 5.56 Å². The summed E-state index contributed by atoms with van der Waals surface area (Å²) in [5, 5.41) is 8.40. The lowest BCUT2D eigenvalue weighted by Gasteiger charge is -2.11. The van der Waals surface area contributed by atoms with Gasteiger partial charge < -0.3 is 20.7 Å². The molecule has 0 radical (unpaired) electrons. The normalized spacial score (nSPS) is 10.3. The Bertz CT molecular complexity index is 742. The van der Waals surface area contributed by atoms with E-state index >= 15 is 0 Å². The lowest BCUT2D eigenvalue weighted by molar-refractivity contribution is 0.0950. The summed E-state index contributed by atoms with van der Waals surface area (Å²) in [4.78, 5) is 23.9. The average Bonchev–Trinajstić information content (AvgIpc) is 2.60. The topological polar surface area (TPSA) is 79.5 Å². The van der Waals surface area contributed by atoms with E-state index in [1.165, 1.54) is 0 Å². The van der Waals surface area contributed by atoms with Crippen LogP contribution in [0.4, 0.5) is 10.5 Å². The van der Waals surface area contributed by atoms with E-state index in [2.05, 4.69) is 16.0 Å². The quantitative estimate of drug-likeness (QED) is 0.711. The fraction of sp³-hybridized carbons (Fsp3) is 0.300. The van der Waals surface area contributed by atoms with Crippen molar-refractivity contribution >= 4 is 17.6 Å². The van der Waals surface area contributed by atoms with Crippen molar-refractivity contribution in [1.82, 2.24) is 10.6 Å². The standard InChI is InChI=1S/C20H25N3O3/c1-4-26-18-7-5-6-16(12-18)19(24)21-13-15-8-10-17(11-9-15)23-20(25)22-14(2)3/h5-12,14H,4,13H2,1-3H3,(H,21,24)(H2,22,23,25). The van der Waals surface area contributed by atoms with Gasteiger partial charge in [-0.3, -0.25) is 4.79 Å². The molecule has 0 heterocycles. The second kappa shape index (κ2) is 9.46. The van der Waals surface area contributed by atoms with Gasteiger partial charge in [0.15, 0.2) is 0 Å². The zero-order valence-electron chi connectivity index (χ0n) is 15.3. The van der Waals surface area contributed by atoms with Gasteiger partial charge in [0.1, 0.15) is 5.75 Å². The summed E-state index contributed by atoms with van der Waals surface area (Å²) in [6.45, 7) is 6.65. The maximum absolute atomic E-state index is 12.3. The van der Waals surface area contributed by atoms with Crippen molar-refractivity contribution in [3.63, 3.8) is 0 Å². The minimum Gasteiger partial charge on any atom is -0.494 e. The number of rotatable bonds is 7. The van der Waals surface area contributed by atoms with Crippen molar-refractivity contribution < 1.29 is 14.3 Å². The van der Waals surface area contributed by atoms with Crippen molar-refractivity contribution in [3.05, 3.63) is 59.7 Å². The van der Waals surface area contributed by atoms with E-state index in [1.54, 1.807) is 30.3 Å². The molecule has 2 aromatic rings. The van der Waals surface area contributed by atoms with Gasteiger partial charge in [-0.05, 0) is 56.7 Å². The third kappa shape index (κ3) is 6.12. The highest BCUT2D eigenvalue weighted by Gasteiger charge is 2.07. The van der Waals surface area contributed by atoms with Gasteiger partial charge >= 0.3 is 6.03 Å². The van der Waals surface area contributed by atoms with E-state index < -0.39 is 0 Å². The van der Waals surface area contributed by atoms with Crippen LogP contribution in [0.25, 0.3) is 0 Å². The maximum Gasteiger partial charge on any atom is 0.319 e. The van der Waals surface area contributed by atoms with Crippen LogP contribution in [0, 0.1) is 0 Å². The molecule has 0 saturated carbocycles. The Morgan fingerprint density at radius 1 is 1.08 bits per heavy atom. The number of hydrogen-bond acceptors (Lipinski definition) is 3. The molecule has 0 aliphatic carbocycles. The summed E-state index contributed by atoms with van der Waals surface area (Å²) in [5.74, 6) is 0.514. The number of ether oxygens (including phenoxy) is 1. The maximum atomic E-state index is 12.3. The molecule has 0 atom stereocenters. The average molecular weight is 355 g/mol. The predicted octanol–water partition coefficient (Wildman–Crippen LogP) is 3.55. The lowest BCUT2D eigenvalue weighted by atomic mass is 10.1. The minimum absolute atomic E-state index is 0.0747. The zero-order chi connectivity index (χ0) is 18.9. The highest BCUT2D eigenvalue weighted by atomic mass is 16.5. The number of anilines is 1. The highest BCUT2D eigenvalue weighted by Crippen LogP contribution is 2.14. The van der Waals surface area contributed by atoms with Gasteiger partial charge in [-0.2, -0.15) is 0 Å². The summed E-state index contributed by atoms with van der Waals surface area (Å²) in [5.41, 5.74) is 2.19. The molecule has 3 amide bonds. The Kier molecular flexibility index (Phi) is 7.02. The van der Waals surface area contributed by atoms with Gasteiger partial charge in [-0.15, -0.1) is 0 Å². The molecule has 0 spiro atoms. The molecule has 6 heteroatoms. The fourth-order valence-electron chi connectivity index (χ4n) is 2.31. The van der Waals surface area contributed by atoms with E-state index in [1.807, 2.05) is 39.0 Å². The van der Waals surface area contributed by atoms with Gasteiger partial charge in [0.05, 0.1) is 6.61 Å². The first-order valence-corrected chi connectivity index (χ1v) is 8.65. The summed E-state index contributed by atoms with van der Waals surface area (Å²) < 4.78 is 5.41. The van der Waals surface area contributed by atoms with Gasteiger partial charge in [-0.25, -0.2) is 4.79 Å². The Labute approximate surface area is 153 Å². The molecule has 0 aromatic heterocycles. The van der Waals surface area contributed by atoms with Crippen LogP contribution in [0.15, 0.2) is 48.5 Å². The number of urea groups is 1. The number of benzene rings is 2. The Balaban J connectivity index is 1.88. The van der Waals surface area contributed by atoms with Crippen LogP contribution < -0.4 is 20.7 Å². The molecule has 0 bridgehead atoms. The van der Waals surface area contributed by atoms with Crippen LogP contribution in [-0.4, -0.2) is 24.6 Å². The summed E-state index contributed by atoms with van der Waals surface area (Å²) >= 11 is 0. The summed E-state index contributed by atoms with van der Waals surface area (Å²) in [6, 6.07) is 14.3. The first kappa shape index (κ1) is 19.3. The van der Waals surface area contributed by atoms with Crippen molar-refractivity contribution in [2.45, 2.75) is 33.4 Å². The van der Waals surface area contributed by atoms with Gasteiger partial charge in [0, 0.05) is 23.8 Å². The number of hydrogen-bond donors (Lipinski definition) is 3. The third-order valence-corrected chi connectivity index (χ3v) is 3.49. The van der Waals surface area contributed by atoms with Crippen molar-refractivity contribution in [1.29, 1.82) is 0 Å². The third-order valence-electron chi connectivity index (χ3n) is 3.49. The Morgan fingerprint density at radius 2 is 1.81 bits per heavy atom. The number of nitrogens with one attached hydrogen (secondary N) is 3. The zero-order valence-corrected chi connectivity index (χ0v) is 15.3. The molecular weight excluding hydrogens is 330 g/mol. The first-order valence-electron chi connectivity index (χ1n) is 8.65. The van der Waals surface area contributed by atoms with Crippen molar-refractivity contribution in [2.24, 2.45) is 0 Å². The molecular formula is C20H25N3O3. The van der Waals surface area contributed by atoms with Crippen LogP contribution in [0.3, 0.4) is 0 Å². The van der Waals surface area contributed by atoms with Crippen LogP contribution in [0.1, 0.15) is 36.7 Å². The molecule has 2 rings (SSSR count). The monoisotopic (exact) mass is 355 g/mol. The van der Waals surface area contributed by atoms with E-state index in [9.17, 15) is 9.59 Å². The van der Waals surface area contributed by atoms with Crippen molar-refractivity contribution in [2.75, 3.05) is 11.9 Å². The molecule has 26 heavy (non-hydrogen) atoms. The summed E-state index contributed by atoms with van der Waals surface area (Å²) in [6.07, 6.45) is 0. The highest BCUT2D eigenvalue weighted by molar-refractivity contribution is 5.94. The Hall–Kier alpha value is -3.02. The smallest absolute Gasteiger partial charge is 0.319 e. The Morgan fingerprint density at radius 3 is 2.46 bits per heavy atom. The summed E-state index contributed by atoms with van der Waals surface area (Å²) in [7, 11) is 0. The molecule has 3 N–H and O–H groups in total. The molecule has 0 unspecified atom stereocenters. The molecule has 6 nitrogen and oxygen atoms in total. The van der Waals surface area contributed by atoms with Crippen molar-refractivity contribution in [3.8, 4) is 5.75 Å². The molecule has 0 aliphatic rings. The number of amides is 3. The van der Waals surface area contributed by atoms with E-state index in [0.29, 0.717) is 30.2 Å². The fourth-order valence-corrected chi connectivity index (χ4v) is 2.31. The molecule has 2 aromatic carbocycles. The van der Waals surface area contributed by atoms with E-state index in [4.69, 9.17) is 4.74 Å². The first-order chi connectivity index (χ1) is 12.5. The lowest BCUT2D eigenvalue weighted by Crippen LogP contribution is -2.34. The van der Waals surface area contributed by atoms with Crippen LogP contribution >= 0.6 is 0 Å².